The lowest BCUT2D eigenvalue weighted by atomic mass is 9.35. The zero-order valence-corrected chi connectivity index (χ0v) is 50.7. The van der Waals surface area contributed by atoms with Crippen LogP contribution in [-0.4, -0.2) is 6.71 Å². The Bertz CT molecular complexity index is 3720. The second kappa shape index (κ2) is 15.9. The maximum Gasteiger partial charge on any atom is 0.264 e. The number of fused-ring (bicyclic) bond motifs is 16. The predicted octanol–water partition coefficient (Wildman–Crippen LogP) is 19.1. The molecule has 400 valence electrons. The van der Waals surface area contributed by atoms with Crippen LogP contribution in [0.1, 0.15) is 224 Å². The van der Waals surface area contributed by atoms with E-state index in [2.05, 4.69) is 221 Å². The van der Waals surface area contributed by atoms with E-state index in [1.54, 1.807) is 27.8 Å². The molecule has 3 saturated carbocycles. The fraction of sp³-hybridized carbons (Fsp3) is 0.486. The van der Waals surface area contributed by atoms with E-state index in [0.717, 1.165) is 0 Å². The van der Waals surface area contributed by atoms with Crippen LogP contribution < -0.4 is 25.5 Å². The van der Waals surface area contributed by atoms with Gasteiger partial charge in [-0.1, -0.05) is 171 Å². The van der Waals surface area contributed by atoms with Crippen LogP contribution in [0.3, 0.4) is 0 Å². The van der Waals surface area contributed by atoms with Gasteiger partial charge in [-0.15, -0.1) is 11.3 Å². The van der Waals surface area contributed by atoms with Crippen LogP contribution in [0.5, 0.6) is 0 Å². The quantitative estimate of drug-likeness (QED) is 0.163. The standard InChI is InChI=1S/C74H85BN2S/c1-67(2,3)47-37-60-64-61(38-47)77(58-26-20-25-52-63(58)49-23-18-19-24-51(49)74(52)43-46-31-32-73(74,14)72(46,12)13)59-41-55-54(69(6,7)34-35-70(55,8)9)40-57(59)75(64)66-65(76(60)48-29-27-45(28-30-48)44-21-16-15-17-22-44)50-39-53-56(42-62(50)78-66)71(10,11)36-33-68(53,4)5/h18-20,23-30,37-42,44,46H,15-17,21-22,31-36,43H2,1-14H3. The third-order valence-corrected chi connectivity index (χ3v) is 25.2. The molecule has 0 N–H and O–H groups in total. The van der Waals surface area contributed by atoms with Gasteiger partial charge in [0.25, 0.3) is 6.71 Å². The molecular weight excluding hydrogens is 960 g/mol. The molecule has 0 radical (unpaired) electrons. The van der Waals surface area contributed by atoms with E-state index in [4.69, 9.17) is 0 Å². The molecule has 2 bridgehead atoms. The van der Waals surface area contributed by atoms with Crippen LogP contribution in [0.25, 0.3) is 21.2 Å². The maximum atomic E-state index is 2.86. The molecule has 2 nitrogen and oxygen atoms in total. The molecule has 6 aromatic carbocycles. The Kier molecular flexibility index (Phi) is 10.2. The van der Waals surface area contributed by atoms with E-state index in [1.807, 2.05) is 0 Å². The van der Waals surface area contributed by atoms with E-state index in [0.29, 0.717) is 11.8 Å². The van der Waals surface area contributed by atoms with E-state index in [9.17, 15) is 0 Å². The van der Waals surface area contributed by atoms with Crippen LogP contribution in [0.4, 0.5) is 34.1 Å². The molecule has 8 aliphatic rings. The van der Waals surface area contributed by atoms with Crippen molar-refractivity contribution in [3.8, 4) is 11.1 Å². The fourth-order valence-corrected chi connectivity index (χ4v) is 19.9. The van der Waals surface area contributed by atoms with Gasteiger partial charge >= 0.3 is 0 Å². The first kappa shape index (κ1) is 49.9. The minimum Gasteiger partial charge on any atom is -0.311 e. The van der Waals surface area contributed by atoms with Gasteiger partial charge in [0.15, 0.2) is 0 Å². The number of benzene rings is 6. The minimum atomic E-state index is -0.116. The van der Waals surface area contributed by atoms with Crippen molar-refractivity contribution in [2.24, 2.45) is 16.7 Å². The van der Waals surface area contributed by atoms with Crippen molar-refractivity contribution in [1.82, 2.24) is 0 Å². The summed E-state index contributed by atoms with van der Waals surface area (Å²) in [6.45, 7) is 35.5. The summed E-state index contributed by atoms with van der Waals surface area (Å²) in [5.74, 6) is 1.36. The van der Waals surface area contributed by atoms with E-state index in [-0.39, 0.29) is 50.0 Å². The van der Waals surface area contributed by atoms with Crippen LogP contribution in [0.2, 0.25) is 0 Å². The Morgan fingerprint density at radius 3 is 1.77 bits per heavy atom. The van der Waals surface area contributed by atoms with Crippen molar-refractivity contribution in [2.45, 2.75) is 212 Å². The normalized spacial score (nSPS) is 26.1. The Morgan fingerprint density at radius 2 is 1.14 bits per heavy atom. The Hall–Kier alpha value is -5.06. The Morgan fingerprint density at radius 1 is 0.538 bits per heavy atom. The third-order valence-electron chi connectivity index (χ3n) is 24.0. The van der Waals surface area contributed by atoms with Crippen LogP contribution in [0, 0.1) is 16.7 Å². The predicted molar refractivity (Wildman–Crippen MR) is 336 cm³/mol. The SMILES string of the molecule is CC(C)(C)c1cc2c3c(c1)N(c1ccc(C4CCCCC4)cc1)c1c(sc4cc5c(cc14)C(C)(C)CCC5(C)C)B3c1cc3c(cc1N2c1cccc2c1-c1ccccc1C21CC2CCC1(C)C2(C)C)C(C)(C)CCC3(C)C. The Labute approximate surface area is 472 Å². The summed E-state index contributed by atoms with van der Waals surface area (Å²) in [5.41, 5.74) is 26.8. The fourth-order valence-electron chi connectivity index (χ4n) is 18.6. The zero-order chi connectivity index (χ0) is 54.2. The van der Waals surface area contributed by atoms with Crippen LogP contribution >= 0.6 is 11.3 Å². The number of hydrogen-bond acceptors (Lipinski definition) is 3. The molecule has 3 heterocycles. The minimum absolute atomic E-state index is 0.0358. The van der Waals surface area contributed by atoms with Crippen molar-refractivity contribution in [2.75, 3.05) is 9.80 Å². The summed E-state index contributed by atoms with van der Waals surface area (Å²) in [7, 11) is 0. The van der Waals surface area contributed by atoms with Gasteiger partial charge in [-0.25, -0.2) is 0 Å². The molecule has 3 atom stereocenters. The van der Waals surface area contributed by atoms with Crippen molar-refractivity contribution in [3.63, 3.8) is 0 Å². The topological polar surface area (TPSA) is 6.48 Å². The zero-order valence-electron chi connectivity index (χ0n) is 49.8. The average molecular weight is 1050 g/mol. The molecule has 1 aromatic heterocycles. The van der Waals surface area contributed by atoms with E-state index >= 15 is 0 Å². The molecule has 4 heteroatoms. The summed E-state index contributed by atoms with van der Waals surface area (Å²) >= 11 is 2.11. The second-order valence-corrected chi connectivity index (χ2v) is 32.1. The number of rotatable bonds is 3. The molecule has 1 spiro atoms. The molecule has 3 fully saturated rings. The summed E-state index contributed by atoms with van der Waals surface area (Å²) in [6.07, 6.45) is 15.3. The number of thiophene rings is 1. The molecule has 15 rings (SSSR count). The van der Waals surface area contributed by atoms with Gasteiger partial charge in [-0.3, -0.25) is 0 Å². The average Bonchev–Trinajstić information content (AvgIpc) is 2.28. The van der Waals surface area contributed by atoms with Crippen LogP contribution in [-0.2, 0) is 32.5 Å². The number of nitrogens with zero attached hydrogens (tertiary/aromatic N) is 2. The molecular formula is C74H85BN2S. The van der Waals surface area contributed by atoms with Crippen molar-refractivity contribution >= 4 is 78.0 Å². The molecule has 0 saturated heterocycles. The molecule has 3 unspecified atom stereocenters. The molecule has 78 heavy (non-hydrogen) atoms. The molecule has 0 amide bonds. The highest BCUT2D eigenvalue weighted by atomic mass is 32.1. The highest BCUT2D eigenvalue weighted by Crippen LogP contribution is 2.78. The lowest BCUT2D eigenvalue weighted by Gasteiger charge is -2.49. The molecule has 7 aromatic rings. The Balaban J connectivity index is 1.07. The van der Waals surface area contributed by atoms with E-state index in [1.165, 1.54) is 165 Å². The maximum absolute atomic E-state index is 2.86. The summed E-state index contributed by atoms with van der Waals surface area (Å²) in [4.78, 5) is 5.66. The monoisotopic (exact) mass is 1040 g/mol. The van der Waals surface area contributed by atoms with Crippen molar-refractivity contribution in [3.05, 3.63) is 148 Å². The van der Waals surface area contributed by atoms with Gasteiger partial charge in [-0.2, -0.15) is 0 Å². The smallest absolute Gasteiger partial charge is 0.264 e. The number of anilines is 6. The van der Waals surface area contributed by atoms with Gasteiger partial charge in [0.1, 0.15) is 0 Å². The lowest BCUT2D eigenvalue weighted by Crippen LogP contribution is -2.61. The van der Waals surface area contributed by atoms with Crippen molar-refractivity contribution in [1.29, 1.82) is 0 Å². The molecule has 6 aliphatic carbocycles. The van der Waals surface area contributed by atoms with Crippen molar-refractivity contribution < 1.29 is 0 Å². The van der Waals surface area contributed by atoms with Crippen LogP contribution in [0.15, 0.2) is 103 Å². The summed E-state index contributed by atoms with van der Waals surface area (Å²) < 4.78 is 2.94. The lowest BCUT2D eigenvalue weighted by molar-refractivity contribution is 0.0990. The summed E-state index contributed by atoms with van der Waals surface area (Å²) in [5, 5.41) is 1.43. The highest BCUT2D eigenvalue weighted by molar-refractivity contribution is 7.33. The first-order chi connectivity index (χ1) is 36.9. The van der Waals surface area contributed by atoms with Gasteiger partial charge in [0.2, 0.25) is 0 Å². The van der Waals surface area contributed by atoms with Gasteiger partial charge in [0.05, 0.1) is 11.4 Å². The van der Waals surface area contributed by atoms with Gasteiger partial charge in [0, 0.05) is 48.6 Å². The van der Waals surface area contributed by atoms with Gasteiger partial charge in [-0.05, 0) is 217 Å². The first-order valence-electron chi connectivity index (χ1n) is 30.8. The van der Waals surface area contributed by atoms with E-state index < -0.39 is 0 Å². The third kappa shape index (κ3) is 6.40. The second-order valence-electron chi connectivity index (χ2n) is 31.1. The largest absolute Gasteiger partial charge is 0.311 e. The first-order valence-corrected chi connectivity index (χ1v) is 31.6. The summed E-state index contributed by atoms with van der Waals surface area (Å²) in [6, 6.07) is 43.7. The highest BCUT2D eigenvalue weighted by Gasteiger charge is 2.71. The van der Waals surface area contributed by atoms with Gasteiger partial charge < -0.3 is 9.80 Å². The molecule has 2 aliphatic heterocycles. The number of hydrogen-bond donors (Lipinski definition) is 0.